The number of nitrogens with zero attached hydrogens (tertiary/aromatic N) is 3. The first-order chi connectivity index (χ1) is 9.69. The number of carbonyl (C=O) groups excluding carboxylic acids is 1. The minimum absolute atomic E-state index is 0.0736. The Morgan fingerprint density at radius 2 is 2.30 bits per heavy atom. The van der Waals surface area contributed by atoms with Gasteiger partial charge in [0.15, 0.2) is 0 Å². The summed E-state index contributed by atoms with van der Waals surface area (Å²) in [6.45, 7) is 3.29. The van der Waals surface area contributed by atoms with E-state index >= 15 is 0 Å². The van der Waals surface area contributed by atoms with Gasteiger partial charge in [-0.2, -0.15) is 0 Å². The van der Waals surface area contributed by atoms with Crippen molar-refractivity contribution < 1.29 is 4.79 Å². The Balaban J connectivity index is 1.54. The largest absolute Gasteiger partial charge is 0.346 e. The van der Waals surface area contributed by atoms with E-state index in [-0.39, 0.29) is 11.9 Å². The highest BCUT2D eigenvalue weighted by Gasteiger charge is 2.38. The van der Waals surface area contributed by atoms with Gasteiger partial charge < -0.3 is 14.6 Å². The molecule has 4 heterocycles. The van der Waals surface area contributed by atoms with Gasteiger partial charge in [0.25, 0.3) is 5.91 Å². The Kier molecular flexibility index (Phi) is 2.82. The van der Waals surface area contributed by atoms with Crippen molar-refractivity contribution in [3.05, 3.63) is 34.8 Å². The molecule has 4 rings (SSSR count). The van der Waals surface area contributed by atoms with E-state index in [2.05, 4.69) is 31.1 Å². The van der Waals surface area contributed by atoms with Crippen LogP contribution in [0.1, 0.15) is 16.9 Å². The fourth-order valence-corrected chi connectivity index (χ4v) is 3.74. The maximum atomic E-state index is 12.3. The molecule has 0 spiro atoms. The van der Waals surface area contributed by atoms with Gasteiger partial charge in [-0.3, -0.25) is 4.79 Å². The fourth-order valence-electron chi connectivity index (χ4n) is 3.28. The van der Waals surface area contributed by atoms with Gasteiger partial charge in [-0.25, -0.2) is 4.98 Å². The molecule has 5 nitrogen and oxygen atoms in total. The number of hydrogen-bond acceptors (Lipinski definition) is 3. The van der Waals surface area contributed by atoms with Crippen molar-refractivity contribution >= 4 is 27.4 Å². The average molecular weight is 335 g/mol. The smallest absolute Gasteiger partial charge is 0.271 e. The zero-order chi connectivity index (χ0) is 13.7. The second-order valence-corrected chi connectivity index (χ2v) is 6.57. The molecule has 104 valence electrons. The van der Waals surface area contributed by atoms with E-state index in [9.17, 15) is 4.79 Å². The van der Waals surface area contributed by atoms with E-state index in [1.165, 1.54) is 13.0 Å². The first-order valence-electron chi connectivity index (χ1n) is 6.85. The Morgan fingerprint density at radius 3 is 3.05 bits per heavy atom. The van der Waals surface area contributed by atoms with Crippen molar-refractivity contribution in [2.75, 3.05) is 19.6 Å². The normalized spacial score (nSPS) is 28.1. The number of carbonyl (C=O) groups is 1. The van der Waals surface area contributed by atoms with Crippen LogP contribution < -0.4 is 5.32 Å². The molecule has 2 aromatic heterocycles. The highest BCUT2D eigenvalue weighted by atomic mass is 79.9. The Morgan fingerprint density at radius 1 is 1.40 bits per heavy atom. The van der Waals surface area contributed by atoms with Crippen LogP contribution in [-0.2, 0) is 0 Å². The number of amides is 1. The Hall–Kier alpha value is -1.40. The van der Waals surface area contributed by atoms with Crippen molar-refractivity contribution in [1.82, 2.24) is 19.6 Å². The van der Waals surface area contributed by atoms with Crippen LogP contribution in [0, 0.1) is 5.92 Å². The van der Waals surface area contributed by atoms with Crippen LogP contribution >= 0.6 is 15.9 Å². The predicted molar refractivity (Wildman–Crippen MR) is 78.7 cm³/mol. The van der Waals surface area contributed by atoms with Gasteiger partial charge in [-0.15, -0.1) is 0 Å². The van der Waals surface area contributed by atoms with Crippen molar-refractivity contribution in [1.29, 1.82) is 0 Å². The third kappa shape index (κ3) is 2.03. The minimum Gasteiger partial charge on any atom is -0.346 e. The minimum atomic E-state index is -0.0736. The molecule has 6 heteroatoms. The summed E-state index contributed by atoms with van der Waals surface area (Å²) in [5.74, 6) is 0.541. The zero-order valence-corrected chi connectivity index (χ0v) is 12.5. The maximum absolute atomic E-state index is 12.3. The summed E-state index contributed by atoms with van der Waals surface area (Å²) in [4.78, 5) is 19.0. The summed E-state index contributed by atoms with van der Waals surface area (Å²) in [5, 5.41) is 3.13. The van der Waals surface area contributed by atoms with Crippen LogP contribution in [0.5, 0.6) is 0 Å². The van der Waals surface area contributed by atoms with E-state index in [1.54, 1.807) is 12.4 Å². The SMILES string of the molecule is O=C(NC1CN2CC[C@H]1C2)c1cn2cc(Br)cc2cn1. The van der Waals surface area contributed by atoms with E-state index < -0.39 is 0 Å². The van der Waals surface area contributed by atoms with Gasteiger partial charge >= 0.3 is 0 Å². The number of fused-ring (bicyclic) bond motifs is 3. The van der Waals surface area contributed by atoms with Gasteiger partial charge in [-0.1, -0.05) is 0 Å². The van der Waals surface area contributed by atoms with Crippen LogP contribution in [0.2, 0.25) is 0 Å². The lowest BCUT2D eigenvalue weighted by Crippen LogP contribution is -2.43. The Bertz CT molecular complexity index is 683. The summed E-state index contributed by atoms with van der Waals surface area (Å²) < 4.78 is 2.90. The summed E-state index contributed by atoms with van der Waals surface area (Å²) >= 11 is 3.42. The summed E-state index contributed by atoms with van der Waals surface area (Å²) in [5.41, 5.74) is 1.44. The third-order valence-electron chi connectivity index (χ3n) is 4.33. The number of halogens is 1. The lowest BCUT2D eigenvalue weighted by Gasteiger charge is -2.22. The molecule has 0 aliphatic carbocycles. The molecule has 20 heavy (non-hydrogen) atoms. The quantitative estimate of drug-likeness (QED) is 0.906. The molecule has 1 N–H and O–H groups in total. The second kappa shape index (κ2) is 4.56. The van der Waals surface area contributed by atoms with Gasteiger partial charge in [0.2, 0.25) is 0 Å². The van der Waals surface area contributed by atoms with E-state index in [0.717, 1.165) is 23.1 Å². The maximum Gasteiger partial charge on any atom is 0.271 e. The lowest BCUT2D eigenvalue weighted by molar-refractivity contribution is 0.0919. The highest BCUT2D eigenvalue weighted by molar-refractivity contribution is 9.10. The van der Waals surface area contributed by atoms with Crippen LogP contribution in [-0.4, -0.2) is 45.9 Å². The lowest BCUT2D eigenvalue weighted by atomic mass is 10.00. The molecule has 2 unspecified atom stereocenters. The molecule has 2 bridgehead atoms. The second-order valence-electron chi connectivity index (χ2n) is 5.65. The van der Waals surface area contributed by atoms with Gasteiger partial charge in [0, 0.05) is 36.0 Å². The molecule has 2 fully saturated rings. The van der Waals surface area contributed by atoms with Crippen LogP contribution in [0.15, 0.2) is 29.1 Å². The van der Waals surface area contributed by atoms with Gasteiger partial charge in [-0.05, 0) is 40.9 Å². The molecule has 2 aliphatic rings. The Labute approximate surface area is 125 Å². The average Bonchev–Trinajstić information content (AvgIpc) is 3.10. The first kappa shape index (κ1) is 12.3. The first-order valence-corrected chi connectivity index (χ1v) is 7.65. The molecule has 0 aromatic carbocycles. The van der Waals surface area contributed by atoms with Crippen molar-refractivity contribution in [2.24, 2.45) is 5.92 Å². The number of piperidine rings is 1. The van der Waals surface area contributed by atoms with E-state index in [4.69, 9.17) is 0 Å². The van der Waals surface area contributed by atoms with E-state index in [0.29, 0.717) is 11.6 Å². The molecule has 3 atom stereocenters. The predicted octanol–water partition coefficient (Wildman–Crippen LogP) is 1.53. The van der Waals surface area contributed by atoms with Crippen molar-refractivity contribution in [3.8, 4) is 0 Å². The number of aromatic nitrogens is 2. The molecule has 2 aliphatic heterocycles. The fraction of sp³-hybridized carbons (Fsp3) is 0.429. The van der Waals surface area contributed by atoms with Crippen LogP contribution in [0.25, 0.3) is 5.52 Å². The zero-order valence-electron chi connectivity index (χ0n) is 10.9. The third-order valence-corrected chi connectivity index (χ3v) is 4.76. The van der Waals surface area contributed by atoms with E-state index in [1.807, 2.05) is 16.7 Å². The molecule has 2 saturated heterocycles. The standard InChI is InChI=1S/C14H15BrN4O/c15-10-3-11-4-16-13(8-19(11)6-10)14(20)17-12-7-18-2-1-9(12)5-18/h3-4,6,8-9,12H,1-2,5,7H2,(H,17,20)/t9-,12?/m0/s1. The highest BCUT2D eigenvalue weighted by Crippen LogP contribution is 2.27. The number of hydrogen-bond donors (Lipinski definition) is 1. The molecule has 0 radical (unpaired) electrons. The van der Waals surface area contributed by atoms with Gasteiger partial charge in [0.05, 0.1) is 11.7 Å². The van der Waals surface area contributed by atoms with Crippen LogP contribution in [0.3, 0.4) is 0 Å². The number of nitrogens with one attached hydrogen (secondary N) is 1. The monoisotopic (exact) mass is 334 g/mol. The molecule has 0 saturated carbocycles. The van der Waals surface area contributed by atoms with Crippen molar-refractivity contribution in [2.45, 2.75) is 12.5 Å². The summed E-state index contributed by atoms with van der Waals surface area (Å²) in [7, 11) is 0. The van der Waals surface area contributed by atoms with Gasteiger partial charge in [0.1, 0.15) is 5.69 Å². The molecular formula is C14H15BrN4O. The molecular weight excluding hydrogens is 320 g/mol. The summed E-state index contributed by atoms with van der Waals surface area (Å²) in [6.07, 6.45) is 6.63. The number of rotatable bonds is 2. The summed E-state index contributed by atoms with van der Waals surface area (Å²) in [6, 6.07) is 2.25. The van der Waals surface area contributed by atoms with Crippen LogP contribution in [0.4, 0.5) is 0 Å². The topological polar surface area (TPSA) is 49.6 Å². The van der Waals surface area contributed by atoms with Crippen molar-refractivity contribution in [3.63, 3.8) is 0 Å². The molecule has 1 amide bonds. The molecule has 2 aromatic rings.